The van der Waals surface area contributed by atoms with Crippen LogP contribution >= 0.6 is 27.3 Å². The van der Waals surface area contributed by atoms with E-state index in [1.807, 2.05) is 0 Å². The average Bonchev–Trinajstić information content (AvgIpc) is 2.80. The Hall–Kier alpha value is -0.710. The molecule has 1 aromatic heterocycles. The van der Waals surface area contributed by atoms with E-state index < -0.39 is 0 Å². The third-order valence-corrected chi connectivity index (χ3v) is 5.36. The molecular weight excluding hydrogens is 332 g/mol. The maximum absolute atomic E-state index is 4.82. The molecule has 0 saturated carbocycles. The molecule has 0 aliphatic heterocycles. The molecule has 2 rings (SSSR count). The summed E-state index contributed by atoms with van der Waals surface area (Å²) in [6.07, 6.45) is 0.999. The van der Waals surface area contributed by atoms with Gasteiger partial charge in [-0.2, -0.15) is 0 Å². The van der Waals surface area contributed by atoms with E-state index >= 15 is 0 Å². The summed E-state index contributed by atoms with van der Waals surface area (Å²) in [5.41, 5.74) is 3.74. The molecule has 1 heterocycles. The molecule has 1 unspecified atom stereocenters. The first kappa shape index (κ1) is 15.7. The third kappa shape index (κ3) is 3.30. The van der Waals surface area contributed by atoms with Gasteiger partial charge >= 0.3 is 0 Å². The molecule has 1 atom stereocenters. The maximum atomic E-state index is 4.82. The second kappa shape index (κ2) is 6.83. The summed E-state index contributed by atoms with van der Waals surface area (Å²) in [5, 5.41) is 4.72. The highest BCUT2D eigenvalue weighted by atomic mass is 79.9. The lowest BCUT2D eigenvalue weighted by Crippen LogP contribution is -2.22. The summed E-state index contributed by atoms with van der Waals surface area (Å²) in [7, 11) is 0. The Morgan fingerprint density at radius 1 is 1.30 bits per heavy atom. The van der Waals surface area contributed by atoms with E-state index in [1.165, 1.54) is 21.7 Å². The molecule has 0 spiro atoms. The summed E-state index contributed by atoms with van der Waals surface area (Å²) in [4.78, 5) is 6.15. The van der Waals surface area contributed by atoms with Crippen LogP contribution in [0.2, 0.25) is 0 Å². The number of aryl methyl sites for hydroxylation is 3. The summed E-state index contributed by atoms with van der Waals surface area (Å²) in [6, 6.07) is 6.73. The SMILES string of the molecule is CCNC(c1ccc(C)c(Br)c1)c1nc(CC)c(C)s1. The van der Waals surface area contributed by atoms with Gasteiger partial charge in [0.25, 0.3) is 0 Å². The van der Waals surface area contributed by atoms with Crippen LogP contribution in [0.25, 0.3) is 0 Å². The van der Waals surface area contributed by atoms with Crippen LogP contribution in [0.4, 0.5) is 0 Å². The molecule has 0 saturated heterocycles. The van der Waals surface area contributed by atoms with E-state index in [4.69, 9.17) is 4.98 Å². The van der Waals surface area contributed by atoms with Gasteiger partial charge in [-0.3, -0.25) is 0 Å². The smallest absolute Gasteiger partial charge is 0.115 e. The first-order valence-corrected chi connectivity index (χ1v) is 8.63. The molecule has 20 heavy (non-hydrogen) atoms. The largest absolute Gasteiger partial charge is 0.305 e. The topological polar surface area (TPSA) is 24.9 Å². The Kier molecular flexibility index (Phi) is 5.35. The van der Waals surface area contributed by atoms with Crippen LogP contribution in [0, 0.1) is 13.8 Å². The Labute approximate surface area is 133 Å². The monoisotopic (exact) mass is 352 g/mol. The summed E-state index contributed by atoms with van der Waals surface area (Å²) in [5.74, 6) is 0. The Bertz CT molecular complexity index is 592. The van der Waals surface area contributed by atoms with E-state index in [-0.39, 0.29) is 6.04 Å². The van der Waals surface area contributed by atoms with Crippen LogP contribution in [0.1, 0.15) is 46.6 Å². The van der Waals surface area contributed by atoms with Crippen molar-refractivity contribution in [3.8, 4) is 0 Å². The average molecular weight is 353 g/mol. The predicted octanol–water partition coefficient (Wildman–Crippen LogP) is 4.78. The molecule has 4 heteroatoms. The maximum Gasteiger partial charge on any atom is 0.115 e. The summed E-state index contributed by atoms with van der Waals surface area (Å²) in [6.45, 7) is 9.50. The third-order valence-electron chi connectivity index (χ3n) is 3.43. The molecule has 0 amide bonds. The Balaban J connectivity index is 2.41. The quantitative estimate of drug-likeness (QED) is 0.836. The minimum atomic E-state index is 0.181. The van der Waals surface area contributed by atoms with Crippen molar-refractivity contribution in [3.63, 3.8) is 0 Å². The van der Waals surface area contributed by atoms with Gasteiger partial charge in [0.2, 0.25) is 0 Å². The van der Waals surface area contributed by atoms with E-state index in [9.17, 15) is 0 Å². The molecule has 0 aliphatic carbocycles. The molecule has 108 valence electrons. The van der Waals surface area contributed by atoms with Gasteiger partial charge in [-0.25, -0.2) is 4.98 Å². The van der Waals surface area contributed by atoms with Gasteiger partial charge in [-0.1, -0.05) is 41.9 Å². The van der Waals surface area contributed by atoms with Crippen molar-refractivity contribution in [1.82, 2.24) is 10.3 Å². The zero-order chi connectivity index (χ0) is 14.7. The van der Waals surface area contributed by atoms with Crippen molar-refractivity contribution in [1.29, 1.82) is 0 Å². The van der Waals surface area contributed by atoms with Gasteiger partial charge in [0.15, 0.2) is 0 Å². The minimum Gasteiger partial charge on any atom is -0.305 e. The van der Waals surface area contributed by atoms with Crippen LogP contribution in [-0.4, -0.2) is 11.5 Å². The van der Waals surface area contributed by atoms with Crippen LogP contribution in [0.15, 0.2) is 22.7 Å². The van der Waals surface area contributed by atoms with Crippen molar-refractivity contribution < 1.29 is 0 Å². The van der Waals surface area contributed by atoms with Gasteiger partial charge < -0.3 is 5.32 Å². The molecule has 1 N–H and O–H groups in total. The number of aromatic nitrogens is 1. The number of hydrogen-bond donors (Lipinski definition) is 1. The van der Waals surface area contributed by atoms with Gasteiger partial charge in [-0.15, -0.1) is 11.3 Å². The minimum absolute atomic E-state index is 0.181. The number of nitrogens with zero attached hydrogens (tertiary/aromatic N) is 1. The second-order valence-corrected chi connectivity index (χ2v) is 7.00. The number of halogens is 1. The van der Waals surface area contributed by atoms with Crippen molar-refractivity contribution in [2.45, 2.75) is 40.2 Å². The van der Waals surface area contributed by atoms with Crippen molar-refractivity contribution in [3.05, 3.63) is 49.4 Å². The van der Waals surface area contributed by atoms with Crippen LogP contribution < -0.4 is 5.32 Å². The zero-order valence-corrected chi connectivity index (χ0v) is 14.9. The lowest BCUT2D eigenvalue weighted by molar-refractivity contribution is 0.625. The normalized spacial score (nSPS) is 12.7. The number of benzene rings is 1. The Morgan fingerprint density at radius 3 is 2.60 bits per heavy atom. The highest BCUT2D eigenvalue weighted by molar-refractivity contribution is 9.10. The predicted molar refractivity (Wildman–Crippen MR) is 90.6 cm³/mol. The number of rotatable bonds is 5. The first-order chi connectivity index (χ1) is 9.56. The van der Waals surface area contributed by atoms with Crippen molar-refractivity contribution >= 4 is 27.3 Å². The molecule has 2 aromatic rings. The van der Waals surface area contributed by atoms with E-state index in [2.05, 4.69) is 67.1 Å². The van der Waals surface area contributed by atoms with Gasteiger partial charge in [0.05, 0.1) is 11.7 Å². The fourth-order valence-electron chi connectivity index (χ4n) is 2.24. The number of nitrogens with one attached hydrogen (secondary N) is 1. The van der Waals surface area contributed by atoms with Crippen molar-refractivity contribution in [2.75, 3.05) is 6.54 Å². The highest BCUT2D eigenvalue weighted by Gasteiger charge is 2.19. The molecule has 0 fully saturated rings. The molecule has 2 nitrogen and oxygen atoms in total. The van der Waals surface area contributed by atoms with E-state index in [0.29, 0.717) is 0 Å². The van der Waals surface area contributed by atoms with Gasteiger partial charge in [-0.05, 0) is 44.0 Å². The Morgan fingerprint density at radius 2 is 2.05 bits per heavy atom. The molecular formula is C16H21BrN2S. The summed E-state index contributed by atoms with van der Waals surface area (Å²) < 4.78 is 1.15. The van der Waals surface area contributed by atoms with E-state index in [0.717, 1.165) is 22.4 Å². The lowest BCUT2D eigenvalue weighted by Gasteiger charge is -2.16. The molecule has 0 radical (unpaired) electrons. The molecule has 1 aromatic carbocycles. The number of thiazole rings is 1. The van der Waals surface area contributed by atoms with Gasteiger partial charge in [0, 0.05) is 9.35 Å². The van der Waals surface area contributed by atoms with Crippen molar-refractivity contribution in [2.24, 2.45) is 0 Å². The molecule has 0 aliphatic rings. The van der Waals surface area contributed by atoms with Crippen LogP contribution in [0.5, 0.6) is 0 Å². The van der Waals surface area contributed by atoms with Crippen LogP contribution in [-0.2, 0) is 6.42 Å². The zero-order valence-electron chi connectivity index (χ0n) is 12.5. The lowest BCUT2D eigenvalue weighted by atomic mass is 10.1. The highest BCUT2D eigenvalue weighted by Crippen LogP contribution is 2.30. The number of hydrogen-bond acceptors (Lipinski definition) is 3. The van der Waals surface area contributed by atoms with E-state index in [1.54, 1.807) is 11.3 Å². The molecule has 0 bridgehead atoms. The standard InChI is InChI=1S/C16H21BrN2S/c1-5-14-11(4)20-16(19-14)15(18-6-2)12-8-7-10(3)13(17)9-12/h7-9,15,18H,5-6H2,1-4H3. The van der Waals surface area contributed by atoms with Gasteiger partial charge in [0.1, 0.15) is 5.01 Å². The second-order valence-electron chi connectivity index (χ2n) is 4.91. The fourth-order valence-corrected chi connectivity index (χ4v) is 3.75. The fraction of sp³-hybridized carbons (Fsp3) is 0.438. The summed E-state index contributed by atoms with van der Waals surface area (Å²) >= 11 is 5.43. The first-order valence-electron chi connectivity index (χ1n) is 7.02. The van der Waals surface area contributed by atoms with Crippen LogP contribution in [0.3, 0.4) is 0 Å².